The smallest absolute Gasteiger partial charge is 0.328 e. The molecule has 0 saturated carbocycles. The summed E-state index contributed by atoms with van der Waals surface area (Å²) in [5.41, 5.74) is 4.58. The van der Waals surface area contributed by atoms with Gasteiger partial charge in [0.15, 0.2) is 0 Å². The Morgan fingerprint density at radius 2 is 1.35 bits per heavy atom. The lowest BCUT2D eigenvalue weighted by Gasteiger charge is -2.18. The monoisotopic (exact) mass is 677 g/mol. The summed E-state index contributed by atoms with van der Waals surface area (Å²) in [5, 5.41) is 2.87. The summed E-state index contributed by atoms with van der Waals surface area (Å²) in [6, 6.07) is 40.2. The van der Waals surface area contributed by atoms with E-state index < -0.39 is 17.9 Å². The highest BCUT2D eigenvalue weighted by atomic mass is 79.9. The number of aryl methyl sites for hydroxylation is 1. The van der Waals surface area contributed by atoms with Crippen LogP contribution in [0.2, 0.25) is 0 Å². The van der Waals surface area contributed by atoms with Gasteiger partial charge < -0.3 is 19.5 Å². The Morgan fingerprint density at radius 3 is 2.02 bits per heavy atom. The zero-order valence-electron chi connectivity index (χ0n) is 25.7. The number of methoxy groups -OCH3 is 1. The molecule has 46 heavy (non-hydrogen) atoms. The van der Waals surface area contributed by atoms with E-state index in [1.54, 1.807) is 12.1 Å². The molecule has 0 bridgehead atoms. The van der Waals surface area contributed by atoms with Gasteiger partial charge in [-0.3, -0.25) is 4.79 Å². The van der Waals surface area contributed by atoms with E-state index >= 15 is 0 Å². The average Bonchev–Trinajstić information content (AvgIpc) is 3.09. The molecule has 0 aliphatic rings. The summed E-state index contributed by atoms with van der Waals surface area (Å²) in [5.74, 6) is 1.07. The molecule has 0 fully saturated rings. The summed E-state index contributed by atoms with van der Waals surface area (Å²) >= 11 is 3.46. The van der Waals surface area contributed by atoms with E-state index in [4.69, 9.17) is 14.2 Å². The third-order valence-electron chi connectivity index (χ3n) is 7.50. The van der Waals surface area contributed by atoms with Crippen LogP contribution in [0.1, 0.15) is 34.3 Å². The molecule has 5 rings (SSSR count). The zero-order valence-corrected chi connectivity index (χ0v) is 27.2. The minimum absolute atomic E-state index is 0.270. The fourth-order valence-corrected chi connectivity index (χ4v) is 5.41. The molecule has 7 heteroatoms. The van der Waals surface area contributed by atoms with E-state index in [1.165, 1.54) is 12.7 Å². The van der Waals surface area contributed by atoms with E-state index in [1.807, 2.05) is 103 Å². The molecule has 0 saturated heterocycles. The minimum atomic E-state index is -0.879. The molecular weight excluding hydrogens is 642 g/mol. The van der Waals surface area contributed by atoms with Gasteiger partial charge in [0.05, 0.1) is 19.3 Å². The number of ether oxygens (including phenoxy) is 3. The number of carbonyl (C=O) groups excluding carboxylic acids is 2. The highest BCUT2D eigenvalue weighted by molar-refractivity contribution is 9.10. The second kappa shape index (κ2) is 16.4. The third kappa shape index (κ3) is 9.31. The van der Waals surface area contributed by atoms with Crippen molar-refractivity contribution in [3.05, 3.63) is 149 Å². The van der Waals surface area contributed by atoms with Crippen molar-refractivity contribution >= 4 is 27.8 Å². The normalized spacial score (nSPS) is 11.3. The van der Waals surface area contributed by atoms with Crippen LogP contribution in [0.4, 0.5) is 0 Å². The summed E-state index contributed by atoms with van der Waals surface area (Å²) in [7, 11) is 1.32. The first-order valence-electron chi connectivity index (χ1n) is 15.3. The molecule has 5 aromatic carbocycles. The summed E-state index contributed by atoms with van der Waals surface area (Å²) in [4.78, 5) is 26.2. The maximum absolute atomic E-state index is 13.5. The van der Waals surface area contributed by atoms with Crippen molar-refractivity contribution in [1.29, 1.82) is 0 Å². The molecule has 1 N–H and O–H groups in total. The molecule has 1 atom stereocenters. The number of para-hydroxylation sites is 1. The molecule has 5 aromatic rings. The summed E-state index contributed by atoms with van der Waals surface area (Å²) in [6.45, 7) is 0.476. The molecule has 1 amide bonds. The first-order chi connectivity index (χ1) is 22.5. The lowest BCUT2D eigenvalue weighted by molar-refractivity contribution is -0.142. The molecular formula is C39H36BrNO5. The number of hydrogen-bond acceptors (Lipinski definition) is 5. The fourth-order valence-electron chi connectivity index (χ4n) is 5.04. The minimum Gasteiger partial charge on any atom is -0.493 e. The number of hydrogen-bond donors (Lipinski definition) is 1. The number of unbranched alkanes of at least 4 members (excludes halogenated alkanes) is 1. The third-order valence-corrected chi connectivity index (χ3v) is 7.99. The van der Waals surface area contributed by atoms with E-state index in [-0.39, 0.29) is 6.42 Å². The van der Waals surface area contributed by atoms with Crippen LogP contribution in [-0.4, -0.2) is 31.6 Å². The fraction of sp³-hybridized carbons (Fsp3) is 0.179. The van der Waals surface area contributed by atoms with Crippen LogP contribution in [0.3, 0.4) is 0 Å². The molecule has 0 unspecified atom stereocenters. The largest absolute Gasteiger partial charge is 0.493 e. The van der Waals surface area contributed by atoms with Crippen molar-refractivity contribution in [3.63, 3.8) is 0 Å². The molecule has 6 nitrogen and oxygen atoms in total. The Kier molecular flexibility index (Phi) is 11.6. The Labute approximate surface area is 278 Å². The number of rotatable bonds is 14. The van der Waals surface area contributed by atoms with Crippen molar-refractivity contribution in [2.75, 3.05) is 13.7 Å². The van der Waals surface area contributed by atoms with Gasteiger partial charge in [0.1, 0.15) is 23.3 Å². The van der Waals surface area contributed by atoms with Gasteiger partial charge in [-0.25, -0.2) is 4.79 Å². The van der Waals surface area contributed by atoms with E-state index in [2.05, 4.69) is 33.4 Å². The van der Waals surface area contributed by atoms with E-state index in [0.717, 1.165) is 51.9 Å². The van der Waals surface area contributed by atoms with Crippen LogP contribution in [-0.2, 0) is 22.4 Å². The van der Waals surface area contributed by atoms with Crippen LogP contribution < -0.4 is 14.8 Å². The van der Waals surface area contributed by atoms with Gasteiger partial charge in [-0.2, -0.15) is 0 Å². The van der Waals surface area contributed by atoms with Crippen LogP contribution in [0.5, 0.6) is 17.2 Å². The second-order valence-electron chi connectivity index (χ2n) is 10.8. The van der Waals surface area contributed by atoms with E-state index in [0.29, 0.717) is 17.9 Å². The topological polar surface area (TPSA) is 73.9 Å². The Hall–Kier alpha value is -4.88. The SMILES string of the molecule is COC(=O)[C@H](Cc1ccc(-c2ccc(Oc3ccccc3)cc2)cc1)NC(=O)c1cc(Br)ccc1OCCCCc1ccccc1. The van der Waals surface area contributed by atoms with E-state index in [9.17, 15) is 9.59 Å². The van der Waals surface area contributed by atoms with Crippen LogP contribution >= 0.6 is 15.9 Å². The standard InChI is InChI=1S/C39H36BrNO5/c1-44-39(43)36(26-29-15-17-30(18-16-29)31-19-22-34(23-20-31)46-33-13-6-3-7-14-33)41-38(42)35-27-32(40)21-24-37(35)45-25-9-8-12-28-10-4-2-5-11-28/h2-7,10-11,13-24,27,36H,8-9,12,25-26H2,1H3,(H,41,42)/t36-/m0/s1. The Morgan fingerprint density at radius 1 is 0.717 bits per heavy atom. The lowest BCUT2D eigenvalue weighted by atomic mass is 10.00. The van der Waals surface area contributed by atoms with Gasteiger partial charge in [-0.1, -0.05) is 101 Å². The van der Waals surface area contributed by atoms with Gasteiger partial charge in [0.2, 0.25) is 0 Å². The molecule has 0 aliphatic carbocycles. The first kappa shape index (κ1) is 32.5. The molecule has 0 radical (unpaired) electrons. The van der Waals surface area contributed by atoms with Gasteiger partial charge in [-0.15, -0.1) is 0 Å². The van der Waals surface area contributed by atoms with Crippen molar-refractivity contribution in [1.82, 2.24) is 5.32 Å². The molecule has 0 aromatic heterocycles. The van der Waals surface area contributed by atoms with Crippen molar-refractivity contribution < 1.29 is 23.8 Å². The quantitative estimate of drug-likeness (QED) is 0.0939. The number of amides is 1. The molecule has 0 aliphatic heterocycles. The lowest BCUT2D eigenvalue weighted by Crippen LogP contribution is -2.43. The predicted molar refractivity (Wildman–Crippen MR) is 184 cm³/mol. The van der Waals surface area contributed by atoms with Crippen LogP contribution in [0.15, 0.2) is 132 Å². The number of halogens is 1. The van der Waals surface area contributed by atoms with Crippen LogP contribution in [0.25, 0.3) is 11.1 Å². The van der Waals surface area contributed by atoms with Gasteiger partial charge >= 0.3 is 5.97 Å². The van der Waals surface area contributed by atoms with Crippen molar-refractivity contribution in [2.45, 2.75) is 31.7 Å². The highest BCUT2D eigenvalue weighted by Crippen LogP contribution is 2.27. The Bertz CT molecular complexity index is 1710. The van der Waals surface area contributed by atoms with Gasteiger partial charge in [0, 0.05) is 10.9 Å². The first-order valence-corrected chi connectivity index (χ1v) is 16.0. The maximum atomic E-state index is 13.5. The van der Waals surface area contributed by atoms with Crippen LogP contribution in [0, 0.1) is 0 Å². The molecule has 234 valence electrons. The van der Waals surface area contributed by atoms with Crippen molar-refractivity contribution in [2.24, 2.45) is 0 Å². The van der Waals surface area contributed by atoms with Crippen molar-refractivity contribution in [3.8, 4) is 28.4 Å². The number of nitrogens with one attached hydrogen (secondary N) is 1. The highest BCUT2D eigenvalue weighted by Gasteiger charge is 2.24. The molecule has 0 spiro atoms. The van der Waals surface area contributed by atoms with Gasteiger partial charge in [0.25, 0.3) is 5.91 Å². The number of carbonyl (C=O) groups is 2. The summed E-state index contributed by atoms with van der Waals surface area (Å²) < 4.78 is 17.7. The second-order valence-corrected chi connectivity index (χ2v) is 11.7. The average molecular weight is 679 g/mol. The van der Waals surface area contributed by atoms with Gasteiger partial charge in [-0.05, 0) is 84.0 Å². The Balaban J connectivity index is 1.19. The number of benzene rings is 5. The zero-order chi connectivity index (χ0) is 32.1. The maximum Gasteiger partial charge on any atom is 0.328 e. The predicted octanol–water partition coefficient (Wildman–Crippen LogP) is 8.82. The number of esters is 1. The molecule has 0 heterocycles. The summed E-state index contributed by atoms with van der Waals surface area (Å²) in [6.07, 6.45) is 3.06.